The number of nitrogens with one attached hydrogen (secondary N) is 1. The molecule has 1 heterocycles. The van der Waals surface area contributed by atoms with Gasteiger partial charge in [0.1, 0.15) is 12.4 Å². The maximum absolute atomic E-state index is 9.18. The summed E-state index contributed by atoms with van der Waals surface area (Å²) in [5, 5.41) is 18.5. The summed E-state index contributed by atoms with van der Waals surface area (Å²) in [4.78, 5) is 4.60. The highest BCUT2D eigenvalue weighted by molar-refractivity contribution is 6.08. The monoisotopic (exact) mass is 343 g/mol. The molecule has 0 unspecified atom stereocenters. The molecule has 0 amide bonds. The fourth-order valence-corrected chi connectivity index (χ4v) is 2.98. The largest absolute Gasteiger partial charge is 0.489 e. The van der Waals surface area contributed by atoms with Crippen molar-refractivity contribution < 1.29 is 4.74 Å². The number of benzene rings is 2. The molecule has 0 aliphatic heterocycles. The van der Waals surface area contributed by atoms with E-state index >= 15 is 0 Å². The van der Waals surface area contributed by atoms with Crippen molar-refractivity contribution in [2.45, 2.75) is 33.3 Å². The minimum absolute atomic E-state index is 0.333. The molecule has 2 aromatic carbocycles. The van der Waals surface area contributed by atoms with Gasteiger partial charge in [-0.3, -0.25) is 4.98 Å². The molecule has 1 aromatic heterocycles. The summed E-state index contributed by atoms with van der Waals surface area (Å²) in [7, 11) is 0. The zero-order valence-electron chi connectivity index (χ0n) is 15.0. The number of nitriles is 1. The molecule has 0 radical (unpaired) electrons. The van der Waals surface area contributed by atoms with Gasteiger partial charge in [-0.2, -0.15) is 5.26 Å². The number of nitrogens with zero attached hydrogens (tertiary/aromatic N) is 2. The molecule has 0 aliphatic carbocycles. The topological polar surface area (TPSA) is 69.8 Å². The average Bonchev–Trinajstić information content (AvgIpc) is 2.65. The molecule has 0 saturated carbocycles. The lowest BCUT2D eigenvalue weighted by Gasteiger charge is -2.12. The third-order valence-corrected chi connectivity index (χ3v) is 4.27. The SMILES string of the molecule is CCCC(=N)c1cc(C)nc2cc(OCc3ccccc3C#N)ccc12. The minimum Gasteiger partial charge on any atom is -0.489 e. The Morgan fingerprint density at radius 3 is 2.77 bits per heavy atom. The summed E-state index contributed by atoms with van der Waals surface area (Å²) >= 11 is 0. The molecule has 0 fully saturated rings. The van der Waals surface area contributed by atoms with Crippen LogP contribution in [-0.4, -0.2) is 10.7 Å². The first-order chi connectivity index (χ1) is 12.6. The van der Waals surface area contributed by atoms with Crippen molar-refractivity contribution in [1.82, 2.24) is 4.98 Å². The predicted molar refractivity (Wildman–Crippen MR) is 104 cm³/mol. The quantitative estimate of drug-likeness (QED) is 0.628. The normalized spacial score (nSPS) is 10.5. The van der Waals surface area contributed by atoms with E-state index in [0.29, 0.717) is 23.6 Å². The fourth-order valence-electron chi connectivity index (χ4n) is 2.98. The smallest absolute Gasteiger partial charge is 0.122 e. The van der Waals surface area contributed by atoms with Gasteiger partial charge in [-0.05, 0) is 37.6 Å². The van der Waals surface area contributed by atoms with Crippen molar-refractivity contribution in [3.63, 3.8) is 0 Å². The van der Waals surface area contributed by atoms with E-state index in [1.165, 1.54) is 0 Å². The Bertz CT molecular complexity index is 1000. The molecule has 4 heteroatoms. The average molecular weight is 343 g/mol. The van der Waals surface area contributed by atoms with Gasteiger partial charge < -0.3 is 10.1 Å². The van der Waals surface area contributed by atoms with E-state index in [0.717, 1.165) is 40.6 Å². The zero-order chi connectivity index (χ0) is 18.5. The van der Waals surface area contributed by atoms with Crippen LogP contribution in [0.2, 0.25) is 0 Å². The highest BCUT2D eigenvalue weighted by Gasteiger charge is 2.10. The van der Waals surface area contributed by atoms with Crippen LogP contribution in [0.25, 0.3) is 10.9 Å². The second kappa shape index (κ2) is 7.79. The van der Waals surface area contributed by atoms with Crippen molar-refractivity contribution in [1.29, 1.82) is 10.7 Å². The molecule has 130 valence electrons. The lowest BCUT2D eigenvalue weighted by molar-refractivity contribution is 0.306. The third kappa shape index (κ3) is 3.73. The molecule has 0 saturated heterocycles. The maximum Gasteiger partial charge on any atom is 0.122 e. The van der Waals surface area contributed by atoms with Gasteiger partial charge in [-0.25, -0.2) is 0 Å². The van der Waals surface area contributed by atoms with Gasteiger partial charge in [0.05, 0.1) is 17.1 Å². The molecule has 26 heavy (non-hydrogen) atoms. The molecular formula is C22H21N3O. The van der Waals surface area contributed by atoms with E-state index in [4.69, 9.17) is 10.1 Å². The van der Waals surface area contributed by atoms with Crippen LogP contribution in [0.3, 0.4) is 0 Å². The van der Waals surface area contributed by atoms with Crippen LogP contribution in [0.1, 0.15) is 42.1 Å². The lowest BCUT2D eigenvalue weighted by Crippen LogP contribution is -2.02. The van der Waals surface area contributed by atoms with Crippen LogP contribution in [-0.2, 0) is 6.61 Å². The van der Waals surface area contributed by atoms with E-state index in [-0.39, 0.29) is 0 Å². The number of aromatic nitrogens is 1. The number of hydrogen-bond donors (Lipinski definition) is 1. The first-order valence-electron chi connectivity index (χ1n) is 8.72. The standard InChI is InChI=1S/C22H21N3O/c1-3-6-21(24)20-11-15(2)25-22-12-18(9-10-19(20)22)26-14-17-8-5-4-7-16(17)13-23/h4-5,7-12,24H,3,6,14H2,1-2H3. The molecule has 0 aliphatic rings. The van der Waals surface area contributed by atoms with Gasteiger partial charge >= 0.3 is 0 Å². The Labute approximate surface area is 153 Å². The van der Waals surface area contributed by atoms with Crippen molar-refractivity contribution in [2.75, 3.05) is 0 Å². The maximum atomic E-state index is 9.18. The van der Waals surface area contributed by atoms with Crippen LogP contribution in [0.15, 0.2) is 48.5 Å². The van der Waals surface area contributed by atoms with Crippen LogP contribution >= 0.6 is 0 Å². The second-order valence-corrected chi connectivity index (χ2v) is 6.28. The molecule has 4 nitrogen and oxygen atoms in total. The minimum atomic E-state index is 0.333. The Morgan fingerprint density at radius 2 is 2.00 bits per heavy atom. The van der Waals surface area contributed by atoms with Gasteiger partial charge in [-0.1, -0.05) is 31.5 Å². The van der Waals surface area contributed by atoms with Gasteiger partial charge in [0.15, 0.2) is 0 Å². The Morgan fingerprint density at radius 1 is 1.19 bits per heavy atom. The van der Waals surface area contributed by atoms with Gasteiger partial charge in [0.2, 0.25) is 0 Å². The van der Waals surface area contributed by atoms with E-state index in [1.54, 1.807) is 6.07 Å². The number of aryl methyl sites for hydroxylation is 1. The van der Waals surface area contributed by atoms with Crippen LogP contribution in [0.4, 0.5) is 0 Å². The zero-order valence-corrected chi connectivity index (χ0v) is 15.0. The Balaban J connectivity index is 1.90. The Hall–Kier alpha value is -3.19. The highest BCUT2D eigenvalue weighted by Crippen LogP contribution is 2.25. The van der Waals surface area contributed by atoms with Gasteiger partial charge in [-0.15, -0.1) is 0 Å². The van der Waals surface area contributed by atoms with E-state index < -0.39 is 0 Å². The van der Waals surface area contributed by atoms with Crippen molar-refractivity contribution in [2.24, 2.45) is 0 Å². The molecule has 0 atom stereocenters. The predicted octanol–water partition coefficient (Wildman–Crippen LogP) is 5.16. The van der Waals surface area contributed by atoms with Crippen molar-refractivity contribution in [3.8, 4) is 11.8 Å². The summed E-state index contributed by atoms with van der Waals surface area (Å²) in [6.45, 7) is 4.36. The van der Waals surface area contributed by atoms with Gasteiger partial charge in [0, 0.05) is 34.0 Å². The van der Waals surface area contributed by atoms with Gasteiger partial charge in [0.25, 0.3) is 0 Å². The summed E-state index contributed by atoms with van der Waals surface area (Å²) in [5.74, 6) is 0.705. The summed E-state index contributed by atoms with van der Waals surface area (Å²) in [5.41, 5.74) is 4.78. The number of rotatable bonds is 6. The van der Waals surface area contributed by atoms with Crippen LogP contribution in [0, 0.1) is 23.7 Å². The molecule has 1 N–H and O–H groups in total. The van der Waals surface area contributed by atoms with E-state index in [1.807, 2.05) is 49.4 Å². The van der Waals surface area contributed by atoms with Crippen LogP contribution < -0.4 is 4.74 Å². The number of hydrogen-bond acceptors (Lipinski definition) is 4. The molecule has 3 rings (SSSR count). The summed E-state index contributed by atoms with van der Waals surface area (Å²) in [6.07, 6.45) is 1.70. The summed E-state index contributed by atoms with van der Waals surface area (Å²) in [6, 6.07) is 17.4. The Kier molecular flexibility index (Phi) is 5.28. The second-order valence-electron chi connectivity index (χ2n) is 6.28. The fraction of sp³-hybridized carbons (Fsp3) is 0.227. The molecule has 3 aromatic rings. The lowest BCUT2D eigenvalue weighted by atomic mass is 10.0. The van der Waals surface area contributed by atoms with Crippen LogP contribution in [0.5, 0.6) is 5.75 Å². The number of pyridine rings is 1. The van der Waals surface area contributed by atoms with Crippen molar-refractivity contribution >= 4 is 16.6 Å². The van der Waals surface area contributed by atoms with E-state index in [9.17, 15) is 5.26 Å². The first-order valence-corrected chi connectivity index (χ1v) is 8.72. The highest BCUT2D eigenvalue weighted by atomic mass is 16.5. The molecule has 0 bridgehead atoms. The summed E-state index contributed by atoms with van der Waals surface area (Å²) < 4.78 is 5.89. The van der Waals surface area contributed by atoms with Crippen molar-refractivity contribution in [3.05, 3.63) is 70.9 Å². The number of ether oxygens (including phenoxy) is 1. The molecular weight excluding hydrogens is 322 g/mol. The van der Waals surface area contributed by atoms with E-state index in [2.05, 4.69) is 18.0 Å². The molecule has 0 spiro atoms. The number of fused-ring (bicyclic) bond motifs is 1. The third-order valence-electron chi connectivity index (χ3n) is 4.27. The first kappa shape index (κ1) is 17.6.